The van der Waals surface area contributed by atoms with Crippen LogP contribution in [0.3, 0.4) is 0 Å². The first-order chi connectivity index (χ1) is 13.5. The smallest absolute Gasteiger partial charge is 0.306 e. The average Bonchev–Trinajstić information content (AvgIpc) is 2.71. The van der Waals surface area contributed by atoms with Gasteiger partial charge in [0.25, 0.3) is 10.0 Å². The van der Waals surface area contributed by atoms with E-state index in [0.717, 1.165) is 15.4 Å². The number of amides is 2. The number of nitrogens with one attached hydrogen (secondary N) is 1. The lowest BCUT2D eigenvalue weighted by Crippen LogP contribution is -2.43. The molecule has 0 unspecified atom stereocenters. The molecule has 3 aromatic rings. The number of nitrogens with zero attached hydrogens (tertiary/aromatic N) is 2. The van der Waals surface area contributed by atoms with Gasteiger partial charge in [-0.1, -0.05) is 54.6 Å². The molecule has 1 aliphatic rings. The summed E-state index contributed by atoms with van der Waals surface area (Å²) in [5.74, 6) is 0. The van der Waals surface area contributed by atoms with Crippen LogP contribution in [0.2, 0.25) is 0 Å². The Kier molecular flexibility index (Phi) is 4.34. The van der Waals surface area contributed by atoms with Gasteiger partial charge in [0, 0.05) is 0 Å². The predicted octanol–water partition coefficient (Wildman–Crippen LogP) is 3.96. The molecule has 7 heteroatoms. The molecule has 1 N–H and O–H groups in total. The van der Waals surface area contributed by atoms with Gasteiger partial charge in [0.15, 0.2) is 0 Å². The largest absolute Gasteiger partial charge is 0.336 e. The molecule has 3 aromatic carbocycles. The molecule has 0 spiro atoms. The van der Waals surface area contributed by atoms with Crippen molar-refractivity contribution in [1.82, 2.24) is 4.31 Å². The van der Waals surface area contributed by atoms with E-state index in [4.69, 9.17) is 0 Å². The lowest BCUT2D eigenvalue weighted by molar-refractivity contribution is 0.233. The van der Waals surface area contributed by atoms with E-state index in [1.807, 2.05) is 24.3 Å². The highest BCUT2D eigenvalue weighted by atomic mass is 32.2. The minimum Gasteiger partial charge on any atom is -0.306 e. The van der Waals surface area contributed by atoms with Crippen molar-refractivity contribution < 1.29 is 13.2 Å². The van der Waals surface area contributed by atoms with Crippen LogP contribution in [0.4, 0.5) is 10.5 Å². The van der Waals surface area contributed by atoms with E-state index in [0.29, 0.717) is 11.1 Å². The van der Waals surface area contributed by atoms with Crippen molar-refractivity contribution in [2.24, 2.45) is 0 Å². The summed E-state index contributed by atoms with van der Waals surface area (Å²) in [5, 5.41) is 11.9. The maximum absolute atomic E-state index is 12.8. The Morgan fingerprint density at radius 3 is 2.36 bits per heavy atom. The summed E-state index contributed by atoms with van der Waals surface area (Å²) in [7, 11) is -3.92. The Balaban J connectivity index is 1.64. The van der Waals surface area contributed by atoms with Crippen molar-refractivity contribution in [3.63, 3.8) is 0 Å². The first-order valence-electron chi connectivity index (χ1n) is 8.52. The van der Waals surface area contributed by atoms with E-state index in [1.54, 1.807) is 42.5 Å². The number of hydrogen-bond acceptors (Lipinski definition) is 4. The minimum atomic E-state index is -3.92. The molecule has 1 aliphatic heterocycles. The highest BCUT2D eigenvalue weighted by Crippen LogP contribution is 2.31. The van der Waals surface area contributed by atoms with Gasteiger partial charge in [-0.25, -0.2) is 17.5 Å². The summed E-state index contributed by atoms with van der Waals surface area (Å²) in [6.07, 6.45) is 0. The number of sulfonamides is 1. The zero-order valence-corrected chi connectivity index (χ0v) is 15.5. The number of para-hydroxylation sites is 1. The Labute approximate surface area is 162 Å². The summed E-state index contributed by atoms with van der Waals surface area (Å²) < 4.78 is 26.5. The molecular weight excluding hydrogens is 374 g/mol. The summed E-state index contributed by atoms with van der Waals surface area (Å²) in [4.78, 5) is 12.4. The molecule has 0 radical (unpaired) electrons. The van der Waals surface area contributed by atoms with E-state index < -0.39 is 16.1 Å². The van der Waals surface area contributed by atoms with Crippen molar-refractivity contribution in [3.8, 4) is 17.2 Å². The van der Waals surface area contributed by atoms with E-state index in [1.165, 1.54) is 6.07 Å². The third-order valence-electron chi connectivity index (χ3n) is 4.56. The highest BCUT2D eigenvalue weighted by molar-refractivity contribution is 7.90. The second kappa shape index (κ2) is 6.83. The van der Waals surface area contributed by atoms with Crippen molar-refractivity contribution in [2.45, 2.75) is 11.4 Å². The molecule has 0 bridgehead atoms. The Bertz CT molecular complexity index is 1210. The fourth-order valence-corrected chi connectivity index (χ4v) is 4.61. The maximum Gasteiger partial charge on any atom is 0.336 e. The zero-order chi connectivity index (χ0) is 19.7. The van der Waals surface area contributed by atoms with Crippen LogP contribution in [0.25, 0.3) is 11.1 Å². The standard InChI is InChI=1S/C21H15N3O3S/c22-13-17-5-1-2-6-18(17)16-11-9-15(10-12-16)14-24-21(25)23-19-7-3-4-8-20(19)28(24,26)27/h1-12H,14H2,(H,23,25). The molecule has 0 saturated carbocycles. The Hall–Kier alpha value is -3.63. The second-order valence-electron chi connectivity index (χ2n) is 6.29. The number of hydrogen-bond donors (Lipinski definition) is 1. The molecule has 2 amide bonds. The van der Waals surface area contributed by atoms with E-state index in [-0.39, 0.29) is 17.1 Å². The van der Waals surface area contributed by atoms with Gasteiger partial charge in [-0.3, -0.25) is 0 Å². The quantitative estimate of drug-likeness (QED) is 0.734. The van der Waals surface area contributed by atoms with Crippen LogP contribution in [-0.2, 0) is 16.6 Å². The predicted molar refractivity (Wildman–Crippen MR) is 105 cm³/mol. The van der Waals surface area contributed by atoms with Gasteiger partial charge >= 0.3 is 6.03 Å². The van der Waals surface area contributed by atoms with Crippen LogP contribution in [0.15, 0.2) is 77.7 Å². The third-order valence-corrected chi connectivity index (χ3v) is 6.35. The van der Waals surface area contributed by atoms with Crippen molar-refractivity contribution in [2.75, 3.05) is 5.32 Å². The highest BCUT2D eigenvalue weighted by Gasteiger charge is 2.36. The van der Waals surface area contributed by atoms with Crippen LogP contribution in [0.5, 0.6) is 0 Å². The molecule has 28 heavy (non-hydrogen) atoms. The van der Waals surface area contributed by atoms with Gasteiger partial charge in [0.2, 0.25) is 0 Å². The molecule has 0 saturated heterocycles. The van der Waals surface area contributed by atoms with Gasteiger partial charge in [0.1, 0.15) is 4.90 Å². The Morgan fingerprint density at radius 2 is 1.61 bits per heavy atom. The van der Waals surface area contributed by atoms with E-state index in [9.17, 15) is 18.5 Å². The summed E-state index contributed by atoms with van der Waals surface area (Å²) >= 11 is 0. The first-order valence-corrected chi connectivity index (χ1v) is 9.96. The number of nitriles is 1. The van der Waals surface area contributed by atoms with Crippen molar-refractivity contribution in [3.05, 3.63) is 83.9 Å². The van der Waals surface area contributed by atoms with Crippen LogP contribution >= 0.6 is 0 Å². The lowest BCUT2D eigenvalue weighted by Gasteiger charge is -2.28. The monoisotopic (exact) mass is 389 g/mol. The van der Waals surface area contributed by atoms with Crippen molar-refractivity contribution >= 4 is 21.7 Å². The summed E-state index contributed by atoms with van der Waals surface area (Å²) in [6, 6.07) is 22.2. The Morgan fingerprint density at radius 1 is 0.929 bits per heavy atom. The topological polar surface area (TPSA) is 90.3 Å². The fraction of sp³-hybridized carbons (Fsp3) is 0.0476. The fourth-order valence-electron chi connectivity index (χ4n) is 3.14. The van der Waals surface area contributed by atoms with Crippen LogP contribution in [0, 0.1) is 11.3 Å². The maximum atomic E-state index is 12.8. The number of carbonyl (C=O) groups excluding carboxylic acids is 1. The van der Waals surface area contributed by atoms with Crippen LogP contribution in [0.1, 0.15) is 11.1 Å². The number of fused-ring (bicyclic) bond motifs is 1. The molecular formula is C21H15N3O3S. The summed E-state index contributed by atoms with van der Waals surface area (Å²) in [5.41, 5.74) is 3.15. The van der Waals surface area contributed by atoms with Gasteiger partial charge in [-0.15, -0.1) is 0 Å². The number of benzene rings is 3. The number of urea groups is 1. The van der Waals surface area contributed by atoms with E-state index in [2.05, 4.69) is 11.4 Å². The molecule has 6 nitrogen and oxygen atoms in total. The summed E-state index contributed by atoms with van der Waals surface area (Å²) in [6.45, 7) is -0.0807. The molecule has 0 fully saturated rings. The molecule has 138 valence electrons. The van der Waals surface area contributed by atoms with Gasteiger partial charge in [-0.2, -0.15) is 5.26 Å². The average molecular weight is 389 g/mol. The van der Waals surface area contributed by atoms with Crippen LogP contribution < -0.4 is 5.32 Å². The van der Waals surface area contributed by atoms with Crippen molar-refractivity contribution in [1.29, 1.82) is 5.26 Å². The first kappa shape index (κ1) is 17.8. The van der Waals surface area contributed by atoms with Gasteiger partial charge in [0.05, 0.1) is 23.9 Å². The van der Waals surface area contributed by atoms with Gasteiger partial charge < -0.3 is 5.32 Å². The normalized spacial score (nSPS) is 14.7. The molecule has 0 aromatic heterocycles. The number of rotatable bonds is 3. The minimum absolute atomic E-state index is 0.0779. The van der Waals surface area contributed by atoms with E-state index >= 15 is 0 Å². The van der Waals surface area contributed by atoms with Gasteiger partial charge in [-0.05, 0) is 34.9 Å². The molecule has 0 atom stereocenters. The molecule has 4 rings (SSSR count). The van der Waals surface area contributed by atoms with Crippen LogP contribution in [-0.4, -0.2) is 18.8 Å². The third kappa shape index (κ3) is 3.00. The number of anilines is 1. The number of carbonyl (C=O) groups is 1. The zero-order valence-electron chi connectivity index (χ0n) is 14.7. The molecule has 0 aliphatic carbocycles. The second-order valence-corrected chi connectivity index (χ2v) is 8.12. The molecule has 1 heterocycles. The lowest BCUT2D eigenvalue weighted by atomic mass is 9.99. The SMILES string of the molecule is N#Cc1ccccc1-c1ccc(CN2C(=O)Nc3ccccc3S2(=O)=O)cc1.